The topological polar surface area (TPSA) is 42.7 Å². The van der Waals surface area contributed by atoms with Crippen molar-refractivity contribution >= 4 is 0 Å². The normalized spacial score (nSPS) is 10.5. The minimum Gasteiger partial charge on any atom is -0.336 e. The first-order valence-electron chi connectivity index (χ1n) is 5.50. The summed E-state index contributed by atoms with van der Waals surface area (Å²) in [7, 11) is 0. The van der Waals surface area contributed by atoms with E-state index in [0.29, 0.717) is 0 Å². The standard InChI is InChI=1S/C12H16N4/c1-4-13-5-2-12(1)3-6-14-7-9-16-10-8-15-11-16/h1-2,4-5,8,10-11,14H,3,6-7,9H2. The van der Waals surface area contributed by atoms with Crippen molar-refractivity contribution in [3.05, 3.63) is 48.8 Å². The molecular formula is C12H16N4. The van der Waals surface area contributed by atoms with Gasteiger partial charge in [-0.05, 0) is 30.7 Å². The molecule has 0 bridgehead atoms. The number of imidazole rings is 1. The third-order valence-corrected chi connectivity index (χ3v) is 2.45. The number of hydrogen-bond donors (Lipinski definition) is 1. The van der Waals surface area contributed by atoms with Crippen LogP contribution in [0.5, 0.6) is 0 Å². The summed E-state index contributed by atoms with van der Waals surface area (Å²) in [5, 5.41) is 3.40. The fraction of sp³-hybridized carbons (Fsp3) is 0.333. The molecule has 0 atom stereocenters. The first kappa shape index (κ1) is 10.8. The molecule has 0 aliphatic heterocycles. The SMILES string of the molecule is c1cc(CCNCCn2ccnc2)ccn1. The predicted molar refractivity (Wildman–Crippen MR) is 63.0 cm³/mol. The molecule has 4 nitrogen and oxygen atoms in total. The average Bonchev–Trinajstić information content (AvgIpc) is 2.83. The van der Waals surface area contributed by atoms with E-state index < -0.39 is 0 Å². The van der Waals surface area contributed by atoms with Gasteiger partial charge in [0.1, 0.15) is 0 Å². The van der Waals surface area contributed by atoms with Gasteiger partial charge in [0.15, 0.2) is 0 Å². The molecule has 4 heteroatoms. The second kappa shape index (κ2) is 6.02. The number of nitrogens with one attached hydrogen (secondary N) is 1. The highest BCUT2D eigenvalue weighted by Crippen LogP contribution is 1.95. The van der Waals surface area contributed by atoms with Crippen LogP contribution in [-0.4, -0.2) is 27.6 Å². The summed E-state index contributed by atoms with van der Waals surface area (Å²) in [6, 6.07) is 4.11. The lowest BCUT2D eigenvalue weighted by atomic mass is 10.2. The van der Waals surface area contributed by atoms with Gasteiger partial charge in [-0.15, -0.1) is 0 Å². The average molecular weight is 216 g/mol. The van der Waals surface area contributed by atoms with Crippen LogP contribution in [0.2, 0.25) is 0 Å². The second-order valence-corrected chi connectivity index (χ2v) is 3.66. The highest BCUT2D eigenvalue weighted by molar-refractivity contribution is 5.09. The van der Waals surface area contributed by atoms with Crippen LogP contribution in [0.1, 0.15) is 5.56 Å². The molecule has 0 aliphatic carbocycles. The van der Waals surface area contributed by atoms with Crippen molar-refractivity contribution in [1.29, 1.82) is 0 Å². The van der Waals surface area contributed by atoms with E-state index >= 15 is 0 Å². The maximum absolute atomic E-state index is 4.00. The smallest absolute Gasteiger partial charge is 0.0946 e. The Morgan fingerprint density at radius 2 is 1.94 bits per heavy atom. The molecule has 2 aromatic rings. The molecule has 0 aromatic carbocycles. The number of hydrogen-bond acceptors (Lipinski definition) is 3. The zero-order valence-electron chi connectivity index (χ0n) is 9.21. The minimum atomic E-state index is 0.969. The third kappa shape index (κ3) is 3.47. The van der Waals surface area contributed by atoms with E-state index in [1.54, 1.807) is 6.20 Å². The van der Waals surface area contributed by atoms with Crippen LogP contribution in [0.25, 0.3) is 0 Å². The molecule has 0 saturated carbocycles. The summed E-state index contributed by atoms with van der Waals surface area (Å²) in [4.78, 5) is 7.99. The van der Waals surface area contributed by atoms with Crippen molar-refractivity contribution in [3.8, 4) is 0 Å². The van der Waals surface area contributed by atoms with Gasteiger partial charge in [0.2, 0.25) is 0 Å². The van der Waals surface area contributed by atoms with Crippen molar-refractivity contribution in [1.82, 2.24) is 19.9 Å². The molecule has 16 heavy (non-hydrogen) atoms. The Morgan fingerprint density at radius 3 is 2.69 bits per heavy atom. The fourth-order valence-corrected chi connectivity index (χ4v) is 1.53. The van der Waals surface area contributed by atoms with Gasteiger partial charge in [-0.25, -0.2) is 4.98 Å². The van der Waals surface area contributed by atoms with Crippen LogP contribution in [0.15, 0.2) is 43.2 Å². The fourth-order valence-electron chi connectivity index (χ4n) is 1.53. The molecule has 0 spiro atoms. The van der Waals surface area contributed by atoms with Crippen molar-refractivity contribution < 1.29 is 0 Å². The molecule has 0 amide bonds. The van der Waals surface area contributed by atoms with Gasteiger partial charge in [-0.1, -0.05) is 0 Å². The van der Waals surface area contributed by atoms with Gasteiger partial charge in [0.05, 0.1) is 6.33 Å². The molecule has 0 radical (unpaired) electrons. The van der Waals surface area contributed by atoms with Crippen molar-refractivity contribution in [3.63, 3.8) is 0 Å². The van der Waals surface area contributed by atoms with Crippen LogP contribution in [0, 0.1) is 0 Å². The lowest BCUT2D eigenvalue weighted by Gasteiger charge is -2.05. The highest BCUT2D eigenvalue weighted by atomic mass is 15.0. The molecule has 0 aliphatic rings. The summed E-state index contributed by atoms with van der Waals surface area (Å²) in [5.41, 5.74) is 1.32. The number of nitrogens with zero attached hydrogens (tertiary/aromatic N) is 3. The van der Waals surface area contributed by atoms with E-state index in [4.69, 9.17) is 0 Å². The van der Waals surface area contributed by atoms with Gasteiger partial charge in [0, 0.05) is 37.9 Å². The summed E-state index contributed by atoms with van der Waals surface area (Å²) >= 11 is 0. The Balaban J connectivity index is 1.59. The zero-order chi connectivity index (χ0) is 11.1. The van der Waals surface area contributed by atoms with Crippen LogP contribution in [0.3, 0.4) is 0 Å². The largest absolute Gasteiger partial charge is 0.336 e. The molecule has 1 N–H and O–H groups in total. The first-order valence-corrected chi connectivity index (χ1v) is 5.50. The van der Waals surface area contributed by atoms with Crippen molar-refractivity contribution in [2.24, 2.45) is 0 Å². The number of aromatic nitrogens is 3. The maximum Gasteiger partial charge on any atom is 0.0946 e. The van der Waals surface area contributed by atoms with E-state index in [1.165, 1.54) is 5.56 Å². The summed E-state index contributed by atoms with van der Waals surface area (Å²) in [6.07, 6.45) is 10.3. The van der Waals surface area contributed by atoms with E-state index in [-0.39, 0.29) is 0 Å². The summed E-state index contributed by atoms with van der Waals surface area (Å²) in [5.74, 6) is 0. The third-order valence-electron chi connectivity index (χ3n) is 2.45. The molecule has 0 saturated heterocycles. The van der Waals surface area contributed by atoms with Crippen LogP contribution >= 0.6 is 0 Å². The quantitative estimate of drug-likeness (QED) is 0.736. The summed E-state index contributed by atoms with van der Waals surface area (Å²) in [6.45, 7) is 2.94. The van der Waals surface area contributed by atoms with E-state index in [2.05, 4.69) is 32.0 Å². The molecule has 84 valence electrons. The molecule has 2 heterocycles. The van der Waals surface area contributed by atoms with E-state index in [0.717, 1.165) is 26.1 Å². The Labute approximate surface area is 95.4 Å². The predicted octanol–water partition coefficient (Wildman–Crippen LogP) is 1.11. The van der Waals surface area contributed by atoms with Gasteiger partial charge in [-0.3, -0.25) is 4.98 Å². The second-order valence-electron chi connectivity index (χ2n) is 3.66. The maximum atomic E-state index is 4.00. The zero-order valence-corrected chi connectivity index (χ0v) is 9.21. The summed E-state index contributed by atoms with van der Waals surface area (Å²) < 4.78 is 2.07. The lowest BCUT2D eigenvalue weighted by Crippen LogP contribution is -2.21. The molecule has 2 rings (SSSR count). The van der Waals surface area contributed by atoms with Crippen LogP contribution in [0.4, 0.5) is 0 Å². The molecule has 0 unspecified atom stereocenters. The Hall–Kier alpha value is -1.68. The highest BCUT2D eigenvalue weighted by Gasteiger charge is 1.92. The first-order chi connectivity index (χ1) is 7.95. The Bertz CT molecular complexity index is 383. The van der Waals surface area contributed by atoms with E-state index in [9.17, 15) is 0 Å². The lowest BCUT2D eigenvalue weighted by molar-refractivity contribution is 0.598. The molecule has 2 aromatic heterocycles. The van der Waals surface area contributed by atoms with Gasteiger partial charge < -0.3 is 9.88 Å². The number of rotatable bonds is 6. The van der Waals surface area contributed by atoms with Gasteiger partial charge in [0.25, 0.3) is 0 Å². The van der Waals surface area contributed by atoms with E-state index in [1.807, 2.05) is 24.9 Å². The molecule has 0 fully saturated rings. The Kier molecular flexibility index (Phi) is 4.08. The minimum absolute atomic E-state index is 0.969. The van der Waals surface area contributed by atoms with Crippen LogP contribution in [-0.2, 0) is 13.0 Å². The van der Waals surface area contributed by atoms with Gasteiger partial charge in [-0.2, -0.15) is 0 Å². The molecular weight excluding hydrogens is 200 g/mol. The number of pyridine rings is 1. The van der Waals surface area contributed by atoms with Gasteiger partial charge >= 0.3 is 0 Å². The monoisotopic (exact) mass is 216 g/mol. The van der Waals surface area contributed by atoms with Crippen molar-refractivity contribution in [2.75, 3.05) is 13.1 Å². The van der Waals surface area contributed by atoms with Crippen LogP contribution < -0.4 is 5.32 Å². The van der Waals surface area contributed by atoms with Crippen molar-refractivity contribution in [2.45, 2.75) is 13.0 Å². The Morgan fingerprint density at radius 1 is 1.06 bits per heavy atom.